The van der Waals surface area contributed by atoms with Crippen molar-refractivity contribution < 1.29 is 14.3 Å². The third-order valence-corrected chi connectivity index (χ3v) is 1.92. The van der Waals surface area contributed by atoms with Crippen LogP contribution >= 0.6 is 0 Å². The third-order valence-electron chi connectivity index (χ3n) is 1.92. The monoisotopic (exact) mass is 197 g/mol. The van der Waals surface area contributed by atoms with Gasteiger partial charge in [0.15, 0.2) is 0 Å². The fourth-order valence-corrected chi connectivity index (χ4v) is 1.13. The maximum absolute atomic E-state index is 12.5. The number of rotatable bonds is 4. The van der Waals surface area contributed by atoms with Crippen LogP contribution in [0.4, 0.5) is 4.39 Å². The number of benzene rings is 1. The lowest BCUT2D eigenvalue weighted by atomic mass is 10.1. The summed E-state index contributed by atoms with van der Waals surface area (Å²) in [5.74, 6) is -0.804. The number of halogens is 1. The zero-order valence-electron chi connectivity index (χ0n) is 7.61. The summed E-state index contributed by atoms with van der Waals surface area (Å²) in [5, 5.41) is 9.53. The molecule has 4 heteroatoms. The average molecular weight is 197 g/mol. The molecule has 0 aliphatic carbocycles. The third kappa shape index (κ3) is 3.14. The van der Waals surface area contributed by atoms with E-state index in [0.717, 1.165) is 0 Å². The Hall–Kier alpha value is -1.42. The lowest BCUT2D eigenvalue weighted by molar-refractivity contribution is -0.118. The topological polar surface area (TPSA) is 63.3 Å². The van der Waals surface area contributed by atoms with Crippen molar-refractivity contribution in [1.29, 1.82) is 0 Å². The van der Waals surface area contributed by atoms with E-state index in [0.29, 0.717) is 5.56 Å². The number of carbonyl (C=O) groups is 1. The van der Waals surface area contributed by atoms with E-state index in [9.17, 15) is 14.3 Å². The van der Waals surface area contributed by atoms with Crippen LogP contribution in [-0.2, 0) is 4.79 Å². The number of hydrogen-bond donors (Lipinski definition) is 2. The highest BCUT2D eigenvalue weighted by Gasteiger charge is 2.08. The molecule has 1 atom stereocenters. The molecule has 0 aromatic heterocycles. The van der Waals surface area contributed by atoms with E-state index in [-0.39, 0.29) is 18.7 Å². The molecule has 1 rings (SSSR count). The summed E-state index contributed by atoms with van der Waals surface area (Å²) in [4.78, 5) is 10.4. The summed E-state index contributed by atoms with van der Waals surface area (Å²) in [5.41, 5.74) is 5.52. The van der Waals surface area contributed by atoms with Gasteiger partial charge in [-0.05, 0) is 24.1 Å². The standard InChI is InChI=1S/C10H12FNO2/c11-8-3-1-7(2-4-8)9(13)5-6-10(12)14/h1-4,9,13H,5-6H2,(H2,12,14). The molecule has 0 saturated carbocycles. The summed E-state index contributed by atoms with van der Waals surface area (Å²) in [7, 11) is 0. The number of primary amides is 1. The Labute approximate surface area is 81.4 Å². The van der Waals surface area contributed by atoms with E-state index >= 15 is 0 Å². The fraction of sp³-hybridized carbons (Fsp3) is 0.300. The highest BCUT2D eigenvalue weighted by Crippen LogP contribution is 2.17. The first kappa shape index (κ1) is 10.7. The lowest BCUT2D eigenvalue weighted by Crippen LogP contribution is -2.12. The van der Waals surface area contributed by atoms with Crippen molar-refractivity contribution in [1.82, 2.24) is 0 Å². The van der Waals surface area contributed by atoms with Crippen LogP contribution < -0.4 is 5.73 Å². The molecule has 3 N–H and O–H groups in total. The van der Waals surface area contributed by atoms with E-state index in [2.05, 4.69) is 0 Å². The molecule has 0 heterocycles. The molecule has 0 aliphatic rings. The van der Waals surface area contributed by atoms with Crippen molar-refractivity contribution in [2.24, 2.45) is 5.73 Å². The van der Waals surface area contributed by atoms with Gasteiger partial charge in [-0.15, -0.1) is 0 Å². The summed E-state index contributed by atoms with van der Waals surface area (Å²) < 4.78 is 12.5. The SMILES string of the molecule is NC(=O)CCC(O)c1ccc(F)cc1. The molecule has 0 aliphatic heterocycles. The van der Waals surface area contributed by atoms with Crippen LogP contribution in [0.5, 0.6) is 0 Å². The fourth-order valence-electron chi connectivity index (χ4n) is 1.13. The van der Waals surface area contributed by atoms with Crippen molar-refractivity contribution in [3.8, 4) is 0 Å². The highest BCUT2D eigenvalue weighted by atomic mass is 19.1. The normalized spacial score (nSPS) is 12.4. The molecule has 0 spiro atoms. The highest BCUT2D eigenvalue weighted by molar-refractivity contribution is 5.73. The number of amides is 1. The van der Waals surface area contributed by atoms with Gasteiger partial charge in [-0.25, -0.2) is 4.39 Å². The Morgan fingerprint density at radius 1 is 1.43 bits per heavy atom. The van der Waals surface area contributed by atoms with Crippen LogP contribution in [0.2, 0.25) is 0 Å². The zero-order chi connectivity index (χ0) is 10.6. The van der Waals surface area contributed by atoms with Gasteiger partial charge in [0.25, 0.3) is 0 Å². The molecule has 0 radical (unpaired) electrons. The molecule has 0 bridgehead atoms. The van der Waals surface area contributed by atoms with E-state index in [1.807, 2.05) is 0 Å². The first-order chi connectivity index (χ1) is 6.59. The first-order valence-electron chi connectivity index (χ1n) is 4.31. The van der Waals surface area contributed by atoms with Crippen molar-refractivity contribution in [2.75, 3.05) is 0 Å². The number of nitrogens with two attached hydrogens (primary N) is 1. The van der Waals surface area contributed by atoms with Crippen LogP contribution in [0.1, 0.15) is 24.5 Å². The first-order valence-corrected chi connectivity index (χ1v) is 4.31. The minimum atomic E-state index is -0.761. The van der Waals surface area contributed by atoms with Crippen LogP contribution in [-0.4, -0.2) is 11.0 Å². The maximum atomic E-state index is 12.5. The van der Waals surface area contributed by atoms with Gasteiger partial charge >= 0.3 is 0 Å². The van der Waals surface area contributed by atoms with Gasteiger partial charge in [0.05, 0.1) is 6.10 Å². The molecule has 1 unspecified atom stereocenters. The minimum absolute atomic E-state index is 0.124. The molecular weight excluding hydrogens is 185 g/mol. The average Bonchev–Trinajstić information content (AvgIpc) is 2.15. The van der Waals surface area contributed by atoms with Crippen LogP contribution in [0.15, 0.2) is 24.3 Å². The molecule has 0 saturated heterocycles. The molecule has 1 aromatic rings. The zero-order valence-corrected chi connectivity index (χ0v) is 7.61. The number of hydrogen-bond acceptors (Lipinski definition) is 2. The van der Waals surface area contributed by atoms with E-state index in [4.69, 9.17) is 5.73 Å². The molecule has 1 aromatic carbocycles. The molecule has 1 amide bonds. The second-order valence-corrected chi connectivity index (χ2v) is 3.07. The van der Waals surface area contributed by atoms with Crippen LogP contribution in [0.3, 0.4) is 0 Å². The number of aliphatic hydroxyl groups excluding tert-OH is 1. The largest absolute Gasteiger partial charge is 0.388 e. The van der Waals surface area contributed by atoms with Crippen molar-refractivity contribution in [2.45, 2.75) is 18.9 Å². The Morgan fingerprint density at radius 3 is 2.50 bits per heavy atom. The number of carbonyl (C=O) groups excluding carboxylic acids is 1. The van der Waals surface area contributed by atoms with Crippen LogP contribution in [0.25, 0.3) is 0 Å². The molecule has 0 fully saturated rings. The van der Waals surface area contributed by atoms with Gasteiger partial charge in [-0.3, -0.25) is 4.79 Å². The van der Waals surface area contributed by atoms with Gasteiger partial charge in [-0.2, -0.15) is 0 Å². The molecule has 76 valence electrons. The quantitative estimate of drug-likeness (QED) is 0.759. The Morgan fingerprint density at radius 2 is 2.00 bits per heavy atom. The Balaban J connectivity index is 2.56. The van der Waals surface area contributed by atoms with Gasteiger partial charge in [0.1, 0.15) is 5.82 Å². The second kappa shape index (κ2) is 4.72. The number of aliphatic hydroxyl groups is 1. The molecule has 14 heavy (non-hydrogen) atoms. The van der Waals surface area contributed by atoms with Gasteiger partial charge < -0.3 is 10.8 Å². The smallest absolute Gasteiger partial charge is 0.217 e. The minimum Gasteiger partial charge on any atom is -0.388 e. The van der Waals surface area contributed by atoms with Gasteiger partial charge in [-0.1, -0.05) is 12.1 Å². The second-order valence-electron chi connectivity index (χ2n) is 3.07. The van der Waals surface area contributed by atoms with Crippen molar-refractivity contribution in [3.05, 3.63) is 35.6 Å². The predicted molar refractivity (Wildman–Crippen MR) is 49.8 cm³/mol. The Kier molecular flexibility index (Phi) is 3.59. The summed E-state index contributed by atoms with van der Waals surface area (Å²) in [6.45, 7) is 0. The lowest BCUT2D eigenvalue weighted by Gasteiger charge is -2.09. The summed E-state index contributed by atoms with van der Waals surface area (Å²) in [6, 6.07) is 5.51. The predicted octanol–water partition coefficient (Wildman–Crippen LogP) is 1.12. The Bertz CT molecular complexity index is 310. The molecule has 3 nitrogen and oxygen atoms in total. The summed E-state index contributed by atoms with van der Waals surface area (Å²) in [6.07, 6.45) is -0.373. The van der Waals surface area contributed by atoms with E-state index < -0.39 is 12.0 Å². The summed E-state index contributed by atoms with van der Waals surface area (Å²) >= 11 is 0. The van der Waals surface area contributed by atoms with Crippen LogP contribution in [0, 0.1) is 5.82 Å². The molecular formula is C10H12FNO2. The van der Waals surface area contributed by atoms with E-state index in [1.54, 1.807) is 0 Å². The van der Waals surface area contributed by atoms with Gasteiger partial charge in [0, 0.05) is 6.42 Å². The van der Waals surface area contributed by atoms with Gasteiger partial charge in [0.2, 0.25) is 5.91 Å². The van der Waals surface area contributed by atoms with Crippen molar-refractivity contribution >= 4 is 5.91 Å². The van der Waals surface area contributed by atoms with E-state index in [1.165, 1.54) is 24.3 Å². The maximum Gasteiger partial charge on any atom is 0.217 e. The van der Waals surface area contributed by atoms with Crippen molar-refractivity contribution in [3.63, 3.8) is 0 Å².